The highest BCUT2D eigenvalue weighted by molar-refractivity contribution is 5.89. The minimum Gasteiger partial charge on any atom is -0.462 e. The molecule has 1 saturated heterocycles. The number of benzene rings is 1. The molecule has 0 amide bonds. The van der Waals surface area contributed by atoms with Gasteiger partial charge in [0.2, 0.25) is 5.95 Å². The molecule has 7 heteroatoms. The van der Waals surface area contributed by atoms with E-state index in [9.17, 15) is 4.79 Å². The molecule has 1 unspecified atom stereocenters. The summed E-state index contributed by atoms with van der Waals surface area (Å²) in [7, 11) is 0. The van der Waals surface area contributed by atoms with Crippen molar-refractivity contribution in [2.45, 2.75) is 26.7 Å². The van der Waals surface area contributed by atoms with Crippen molar-refractivity contribution in [3.05, 3.63) is 36.0 Å². The van der Waals surface area contributed by atoms with Crippen LogP contribution in [0.1, 0.15) is 37.0 Å². The highest BCUT2D eigenvalue weighted by Gasteiger charge is 2.19. The lowest BCUT2D eigenvalue weighted by molar-refractivity contribution is 0.0526. The van der Waals surface area contributed by atoms with Gasteiger partial charge in [-0.1, -0.05) is 6.92 Å². The van der Waals surface area contributed by atoms with E-state index in [1.54, 1.807) is 25.3 Å². The van der Waals surface area contributed by atoms with Crippen LogP contribution in [0.15, 0.2) is 30.5 Å². The number of nitrogens with one attached hydrogen (secondary N) is 1. The van der Waals surface area contributed by atoms with Crippen LogP contribution in [0.2, 0.25) is 0 Å². The first kappa shape index (κ1) is 17.1. The summed E-state index contributed by atoms with van der Waals surface area (Å²) >= 11 is 0. The molecule has 1 aromatic carbocycles. The second kappa shape index (κ2) is 7.92. The number of hydrogen-bond acceptors (Lipinski definition) is 7. The molecule has 2 aromatic rings. The largest absolute Gasteiger partial charge is 0.462 e. The Morgan fingerprint density at radius 1 is 1.36 bits per heavy atom. The molecule has 2 heterocycles. The van der Waals surface area contributed by atoms with Crippen LogP contribution in [0.4, 0.5) is 17.5 Å². The summed E-state index contributed by atoms with van der Waals surface area (Å²) in [4.78, 5) is 18.4. The third kappa shape index (κ3) is 4.43. The molecule has 25 heavy (non-hydrogen) atoms. The van der Waals surface area contributed by atoms with E-state index in [4.69, 9.17) is 4.74 Å². The van der Waals surface area contributed by atoms with Gasteiger partial charge < -0.3 is 15.0 Å². The smallest absolute Gasteiger partial charge is 0.338 e. The summed E-state index contributed by atoms with van der Waals surface area (Å²) in [6, 6.07) is 7.08. The van der Waals surface area contributed by atoms with E-state index in [0.29, 0.717) is 29.9 Å². The van der Waals surface area contributed by atoms with E-state index in [1.165, 1.54) is 6.42 Å². The number of aromatic nitrogens is 3. The van der Waals surface area contributed by atoms with Crippen molar-refractivity contribution in [3.8, 4) is 0 Å². The van der Waals surface area contributed by atoms with Gasteiger partial charge in [0.1, 0.15) is 0 Å². The van der Waals surface area contributed by atoms with Crippen molar-refractivity contribution in [2.24, 2.45) is 5.92 Å². The van der Waals surface area contributed by atoms with Crippen LogP contribution in [-0.2, 0) is 4.74 Å². The van der Waals surface area contributed by atoms with Gasteiger partial charge >= 0.3 is 5.97 Å². The fourth-order valence-electron chi connectivity index (χ4n) is 2.91. The highest BCUT2D eigenvalue weighted by Crippen LogP contribution is 2.21. The van der Waals surface area contributed by atoms with Crippen molar-refractivity contribution in [1.82, 2.24) is 15.2 Å². The van der Waals surface area contributed by atoms with Gasteiger partial charge in [-0.15, -0.1) is 5.10 Å². The van der Waals surface area contributed by atoms with E-state index >= 15 is 0 Å². The summed E-state index contributed by atoms with van der Waals surface area (Å²) in [6.45, 7) is 6.32. The Balaban J connectivity index is 1.68. The Hall–Kier alpha value is -2.70. The van der Waals surface area contributed by atoms with Gasteiger partial charge in [-0.25, -0.2) is 4.79 Å². The minimum atomic E-state index is -0.320. The summed E-state index contributed by atoms with van der Waals surface area (Å²) in [5.74, 6) is 1.61. The van der Waals surface area contributed by atoms with Gasteiger partial charge in [0.15, 0.2) is 5.82 Å². The maximum atomic E-state index is 11.7. The average Bonchev–Trinajstić information content (AvgIpc) is 2.63. The van der Waals surface area contributed by atoms with Crippen LogP contribution in [0, 0.1) is 5.92 Å². The second-order valence-electron chi connectivity index (χ2n) is 6.26. The van der Waals surface area contributed by atoms with Crippen molar-refractivity contribution < 1.29 is 9.53 Å². The van der Waals surface area contributed by atoms with Gasteiger partial charge in [0.25, 0.3) is 0 Å². The van der Waals surface area contributed by atoms with Crippen LogP contribution < -0.4 is 10.2 Å². The van der Waals surface area contributed by atoms with Crippen molar-refractivity contribution in [3.63, 3.8) is 0 Å². The zero-order valence-corrected chi connectivity index (χ0v) is 14.6. The van der Waals surface area contributed by atoms with Crippen molar-refractivity contribution in [1.29, 1.82) is 0 Å². The topological polar surface area (TPSA) is 80.2 Å². The normalized spacial score (nSPS) is 17.2. The number of carbonyl (C=O) groups is 1. The van der Waals surface area contributed by atoms with E-state index in [-0.39, 0.29) is 5.97 Å². The molecule has 0 spiro atoms. The molecule has 1 fully saturated rings. The summed E-state index contributed by atoms with van der Waals surface area (Å²) in [5.41, 5.74) is 1.35. The fourth-order valence-corrected chi connectivity index (χ4v) is 2.91. The average molecular weight is 341 g/mol. The summed E-state index contributed by atoms with van der Waals surface area (Å²) in [5, 5.41) is 11.4. The van der Waals surface area contributed by atoms with Gasteiger partial charge in [-0.3, -0.25) is 0 Å². The Labute approximate surface area is 147 Å². The summed E-state index contributed by atoms with van der Waals surface area (Å²) in [6.07, 6.45) is 3.99. The Kier molecular flexibility index (Phi) is 5.42. The second-order valence-corrected chi connectivity index (χ2v) is 6.26. The van der Waals surface area contributed by atoms with Crippen LogP contribution in [0.3, 0.4) is 0 Å². The molecule has 1 aliphatic heterocycles. The fraction of sp³-hybridized carbons (Fsp3) is 0.444. The van der Waals surface area contributed by atoms with Gasteiger partial charge in [-0.05, 0) is 49.9 Å². The standard InChI is InChI=1S/C18H23N5O2/c1-3-25-17(24)14-6-8-15(9-7-14)20-16-11-19-22-18(21-16)23-10-4-5-13(2)12-23/h6-9,11,13H,3-5,10,12H2,1-2H3,(H,20,21,22). The van der Waals surface area contributed by atoms with E-state index < -0.39 is 0 Å². The number of esters is 1. The van der Waals surface area contributed by atoms with Crippen molar-refractivity contribution >= 4 is 23.4 Å². The third-order valence-electron chi connectivity index (χ3n) is 4.16. The Morgan fingerprint density at radius 3 is 2.88 bits per heavy atom. The maximum absolute atomic E-state index is 11.7. The Bertz CT molecular complexity index is 720. The molecule has 7 nitrogen and oxygen atoms in total. The van der Waals surface area contributed by atoms with Crippen LogP contribution in [0.25, 0.3) is 0 Å². The Morgan fingerprint density at radius 2 is 2.16 bits per heavy atom. The number of ether oxygens (including phenoxy) is 1. The number of hydrogen-bond donors (Lipinski definition) is 1. The van der Waals surface area contributed by atoms with E-state index in [0.717, 1.165) is 25.2 Å². The molecule has 3 rings (SSSR count). The zero-order chi connectivity index (χ0) is 17.6. The molecule has 0 radical (unpaired) electrons. The van der Waals surface area contributed by atoms with Gasteiger partial charge in [0.05, 0.1) is 18.4 Å². The molecule has 132 valence electrons. The van der Waals surface area contributed by atoms with Crippen molar-refractivity contribution in [2.75, 3.05) is 29.9 Å². The van der Waals surface area contributed by atoms with Gasteiger partial charge in [0, 0.05) is 18.8 Å². The monoisotopic (exact) mass is 341 g/mol. The lowest BCUT2D eigenvalue weighted by Crippen LogP contribution is -2.35. The first-order chi connectivity index (χ1) is 12.2. The first-order valence-corrected chi connectivity index (χ1v) is 8.64. The summed E-state index contributed by atoms with van der Waals surface area (Å²) < 4.78 is 4.98. The predicted molar refractivity (Wildman–Crippen MR) is 96.1 cm³/mol. The molecular weight excluding hydrogens is 318 g/mol. The van der Waals surface area contributed by atoms with E-state index in [1.807, 2.05) is 12.1 Å². The number of carbonyl (C=O) groups excluding carboxylic acids is 1. The predicted octanol–water partition coefficient (Wildman–Crippen LogP) is 3.03. The molecule has 1 aliphatic rings. The molecule has 0 bridgehead atoms. The quantitative estimate of drug-likeness (QED) is 0.837. The lowest BCUT2D eigenvalue weighted by atomic mass is 10.0. The van der Waals surface area contributed by atoms with Crippen LogP contribution in [0.5, 0.6) is 0 Å². The third-order valence-corrected chi connectivity index (χ3v) is 4.16. The number of rotatable bonds is 5. The van der Waals surface area contributed by atoms with Crippen LogP contribution in [-0.4, -0.2) is 40.8 Å². The molecule has 0 aliphatic carbocycles. The minimum absolute atomic E-state index is 0.320. The first-order valence-electron chi connectivity index (χ1n) is 8.64. The SMILES string of the molecule is CCOC(=O)c1ccc(Nc2cnnc(N3CCCC(C)C3)n2)cc1. The molecular formula is C18H23N5O2. The number of piperidine rings is 1. The molecule has 1 aromatic heterocycles. The van der Waals surface area contributed by atoms with E-state index in [2.05, 4.69) is 32.3 Å². The molecule has 1 atom stereocenters. The number of nitrogens with zero attached hydrogens (tertiary/aromatic N) is 4. The van der Waals surface area contributed by atoms with Gasteiger partial charge in [-0.2, -0.15) is 10.1 Å². The highest BCUT2D eigenvalue weighted by atomic mass is 16.5. The number of anilines is 3. The molecule has 1 N–H and O–H groups in total. The maximum Gasteiger partial charge on any atom is 0.338 e. The zero-order valence-electron chi connectivity index (χ0n) is 14.6. The van der Waals surface area contributed by atoms with Crippen LogP contribution >= 0.6 is 0 Å². The molecule has 0 saturated carbocycles. The lowest BCUT2D eigenvalue weighted by Gasteiger charge is -2.30.